The minimum atomic E-state index is -1.24. The van der Waals surface area contributed by atoms with Crippen LogP contribution in [0.5, 0.6) is 11.5 Å². The van der Waals surface area contributed by atoms with Crippen LogP contribution in [-0.4, -0.2) is 25.3 Å². The Balaban J connectivity index is 2.62. The van der Waals surface area contributed by atoms with E-state index in [1.165, 1.54) is 14.2 Å². The van der Waals surface area contributed by atoms with Gasteiger partial charge in [0.05, 0.1) is 14.2 Å². The molecule has 1 aromatic carbocycles. The molecule has 5 heteroatoms. The highest BCUT2D eigenvalue weighted by atomic mass is 16.6. The summed E-state index contributed by atoms with van der Waals surface area (Å²) in [6.07, 6.45) is -1.24. The summed E-state index contributed by atoms with van der Waals surface area (Å²) in [5.74, 6) is 0.255. The molecule has 0 spiro atoms. The van der Waals surface area contributed by atoms with Crippen LogP contribution in [0.4, 0.5) is 0 Å². The van der Waals surface area contributed by atoms with E-state index in [0.717, 1.165) is 0 Å². The summed E-state index contributed by atoms with van der Waals surface area (Å²) in [5, 5.41) is 9.44. The van der Waals surface area contributed by atoms with E-state index >= 15 is 0 Å². The lowest BCUT2D eigenvalue weighted by atomic mass is 10.1. The van der Waals surface area contributed by atoms with Gasteiger partial charge in [0.1, 0.15) is 17.1 Å². The molecule has 0 saturated carbocycles. The number of esters is 1. The van der Waals surface area contributed by atoms with Crippen LogP contribution in [0.15, 0.2) is 12.1 Å². The fraction of sp³-hybridized carbons (Fsp3) is 0.300. The number of cyclic esters (lactones) is 1. The molecule has 1 unspecified atom stereocenters. The van der Waals surface area contributed by atoms with E-state index in [4.69, 9.17) is 9.47 Å². The zero-order chi connectivity index (χ0) is 11.0. The van der Waals surface area contributed by atoms with Crippen molar-refractivity contribution in [1.29, 1.82) is 0 Å². The summed E-state index contributed by atoms with van der Waals surface area (Å²) in [5.41, 5.74) is 0.627. The monoisotopic (exact) mass is 210 g/mol. The van der Waals surface area contributed by atoms with Crippen molar-refractivity contribution in [2.24, 2.45) is 0 Å². The van der Waals surface area contributed by atoms with Gasteiger partial charge in [0.15, 0.2) is 0 Å². The van der Waals surface area contributed by atoms with Gasteiger partial charge in [0.2, 0.25) is 6.29 Å². The van der Waals surface area contributed by atoms with Gasteiger partial charge in [-0.2, -0.15) is 0 Å². The van der Waals surface area contributed by atoms with Crippen molar-refractivity contribution >= 4 is 5.97 Å². The molecule has 1 aliphatic rings. The number of benzene rings is 1. The van der Waals surface area contributed by atoms with Gasteiger partial charge in [-0.1, -0.05) is 0 Å². The quantitative estimate of drug-likeness (QED) is 0.733. The topological polar surface area (TPSA) is 65.0 Å². The van der Waals surface area contributed by atoms with Gasteiger partial charge in [-0.05, 0) is 6.07 Å². The predicted molar refractivity (Wildman–Crippen MR) is 49.9 cm³/mol. The molecule has 80 valence electrons. The summed E-state index contributed by atoms with van der Waals surface area (Å²) in [7, 11) is 2.93. The first-order chi connectivity index (χ1) is 7.17. The average molecular weight is 210 g/mol. The second-order valence-corrected chi connectivity index (χ2v) is 3.05. The van der Waals surface area contributed by atoms with Crippen molar-refractivity contribution in [3.63, 3.8) is 0 Å². The highest BCUT2D eigenvalue weighted by Gasteiger charge is 2.33. The van der Waals surface area contributed by atoms with Gasteiger partial charge >= 0.3 is 5.97 Å². The lowest BCUT2D eigenvalue weighted by molar-refractivity contribution is -0.0548. The molecule has 0 aliphatic carbocycles. The van der Waals surface area contributed by atoms with Crippen LogP contribution in [0.3, 0.4) is 0 Å². The Hall–Kier alpha value is -1.75. The second kappa shape index (κ2) is 3.43. The maximum absolute atomic E-state index is 11.4. The van der Waals surface area contributed by atoms with Crippen LogP contribution in [0, 0.1) is 0 Å². The third-order valence-corrected chi connectivity index (χ3v) is 2.25. The number of ether oxygens (including phenoxy) is 3. The van der Waals surface area contributed by atoms with Crippen molar-refractivity contribution in [1.82, 2.24) is 0 Å². The summed E-state index contributed by atoms with van der Waals surface area (Å²) in [6.45, 7) is 0. The molecule has 1 aliphatic heterocycles. The predicted octanol–water partition coefficient (Wildman–Crippen LogP) is 0.865. The molecule has 0 saturated heterocycles. The van der Waals surface area contributed by atoms with Crippen LogP contribution in [-0.2, 0) is 4.74 Å². The first kappa shape index (κ1) is 9.79. The summed E-state index contributed by atoms with van der Waals surface area (Å²) >= 11 is 0. The third-order valence-electron chi connectivity index (χ3n) is 2.25. The van der Waals surface area contributed by atoms with Crippen LogP contribution in [0.25, 0.3) is 0 Å². The normalized spacial score (nSPS) is 18.3. The number of carbonyl (C=O) groups is 1. The number of carbonyl (C=O) groups excluding carboxylic acids is 1. The van der Waals surface area contributed by atoms with E-state index in [9.17, 15) is 9.90 Å². The minimum absolute atomic E-state index is 0.255. The van der Waals surface area contributed by atoms with Gasteiger partial charge in [-0.15, -0.1) is 0 Å². The molecule has 1 aromatic rings. The van der Waals surface area contributed by atoms with E-state index in [0.29, 0.717) is 17.1 Å². The average Bonchev–Trinajstić information content (AvgIpc) is 2.53. The molecule has 0 fully saturated rings. The molecule has 1 atom stereocenters. The number of hydrogen-bond donors (Lipinski definition) is 1. The van der Waals surface area contributed by atoms with Gasteiger partial charge in [0.25, 0.3) is 0 Å². The Bertz CT molecular complexity index is 413. The molecule has 5 nitrogen and oxygen atoms in total. The fourth-order valence-electron chi connectivity index (χ4n) is 1.53. The largest absolute Gasteiger partial charge is 0.497 e. The first-order valence-corrected chi connectivity index (χ1v) is 4.32. The SMILES string of the molecule is COc1cc(OC)c2c(c1)C(O)OC2=O. The fourth-order valence-corrected chi connectivity index (χ4v) is 1.53. The Kier molecular flexibility index (Phi) is 2.24. The number of fused-ring (bicyclic) bond motifs is 1. The highest BCUT2D eigenvalue weighted by Crippen LogP contribution is 2.38. The lowest BCUT2D eigenvalue weighted by Gasteiger charge is -2.07. The van der Waals surface area contributed by atoms with Gasteiger partial charge in [0, 0.05) is 11.6 Å². The van der Waals surface area contributed by atoms with Crippen molar-refractivity contribution in [3.05, 3.63) is 23.3 Å². The smallest absolute Gasteiger partial charge is 0.345 e. The molecule has 1 heterocycles. The second-order valence-electron chi connectivity index (χ2n) is 3.05. The molecule has 1 N–H and O–H groups in total. The number of methoxy groups -OCH3 is 2. The highest BCUT2D eigenvalue weighted by molar-refractivity contribution is 5.97. The van der Waals surface area contributed by atoms with E-state index in [-0.39, 0.29) is 5.56 Å². The van der Waals surface area contributed by atoms with Crippen molar-refractivity contribution in [3.8, 4) is 11.5 Å². The van der Waals surface area contributed by atoms with E-state index < -0.39 is 12.3 Å². The van der Waals surface area contributed by atoms with Crippen LogP contribution < -0.4 is 9.47 Å². The molecule has 0 amide bonds. The Morgan fingerprint density at radius 2 is 2.07 bits per heavy atom. The number of hydrogen-bond acceptors (Lipinski definition) is 5. The minimum Gasteiger partial charge on any atom is -0.497 e. The van der Waals surface area contributed by atoms with Gasteiger partial charge in [-0.25, -0.2) is 4.79 Å². The number of rotatable bonds is 2. The molecular formula is C10H10O5. The van der Waals surface area contributed by atoms with Crippen LogP contribution in [0.2, 0.25) is 0 Å². The van der Waals surface area contributed by atoms with Gasteiger partial charge < -0.3 is 19.3 Å². The summed E-state index contributed by atoms with van der Waals surface area (Å²) in [4.78, 5) is 11.4. The van der Waals surface area contributed by atoms with Gasteiger partial charge in [-0.3, -0.25) is 0 Å². The van der Waals surface area contributed by atoms with Crippen molar-refractivity contribution in [2.45, 2.75) is 6.29 Å². The Morgan fingerprint density at radius 3 is 2.67 bits per heavy atom. The van der Waals surface area contributed by atoms with E-state index in [1.807, 2.05) is 0 Å². The zero-order valence-corrected chi connectivity index (χ0v) is 8.31. The van der Waals surface area contributed by atoms with Crippen molar-refractivity contribution in [2.75, 3.05) is 14.2 Å². The van der Waals surface area contributed by atoms with Crippen molar-refractivity contribution < 1.29 is 24.1 Å². The Morgan fingerprint density at radius 1 is 1.33 bits per heavy atom. The maximum Gasteiger partial charge on any atom is 0.345 e. The molecule has 15 heavy (non-hydrogen) atoms. The summed E-state index contributed by atoms with van der Waals surface area (Å²) in [6, 6.07) is 3.12. The molecule has 0 radical (unpaired) electrons. The molecule has 0 bridgehead atoms. The maximum atomic E-state index is 11.4. The summed E-state index contributed by atoms with van der Waals surface area (Å²) < 4.78 is 14.7. The third kappa shape index (κ3) is 1.41. The van der Waals surface area contributed by atoms with Crippen LogP contribution >= 0.6 is 0 Å². The molecular weight excluding hydrogens is 200 g/mol. The van der Waals surface area contributed by atoms with E-state index in [2.05, 4.69) is 4.74 Å². The Labute approximate surface area is 86.2 Å². The first-order valence-electron chi connectivity index (χ1n) is 4.32. The lowest BCUT2D eigenvalue weighted by Crippen LogP contribution is -1.99. The van der Waals surface area contributed by atoms with E-state index in [1.54, 1.807) is 12.1 Å². The number of aliphatic hydroxyl groups excluding tert-OH is 1. The van der Waals surface area contributed by atoms with Crippen LogP contribution in [0.1, 0.15) is 22.2 Å². The zero-order valence-electron chi connectivity index (χ0n) is 8.31. The molecule has 2 rings (SSSR count). The molecule has 0 aromatic heterocycles. The number of aliphatic hydroxyl groups is 1. The standard InChI is InChI=1S/C10H10O5/c1-13-5-3-6-8(7(4-5)14-2)10(12)15-9(6)11/h3-4,9,11H,1-2H3.